The molecule has 31 heavy (non-hydrogen) atoms. The number of nitrogens with zero attached hydrogens (tertiary/aromatic N) is 4. The average Bonchev–Trinajstić information content (AvgIpc) is 3.41. The van der Waals surface area contributed by atoms with Gasteiger partial charge in [-0.15, -0.1) is 24.0 Å². The van der Waals surface area contributed by atoms with Crippen LogP contribution in [0, 0.1) is 5.92 Å². The fourth-order valence-electron chi connectivity index (χ4n) is 4.64. The van der Waals surface area contributed by atoms with Crippen LogP contribution in [0.1, 0.15) is 32.3 Å². The zero-order valence-electron chi connectivity index (χ0n) is 19.0. The summed E-state index contributed by atoms with van der Waals surface area (Å²) >= 11 is 0. The number of ether oxygens (including phenoxy) is 2. The molecule has 8 heteroatoms. The van der Waals surface area contributed by atoms with Crippen molar-refractivity contribution in [3.05, 3.63) is 23.8 Å². The summed E-state index contributed by atoms with van der Waals surface area (Å²) in [5.41, 5.74) is 1.28. The quantitative estimate of drug-likeness (QED) is 0.325. The number of guanidine groups is 1. The van der Waals surface area contributed by atoms with Crippen LogP contribution in [0.15, 0.2) is 23.2 Å². The number of likely N-dealkylation sites (tertiary alicyclic amines) is 1. The zero-order chi connectivity index (χ0) is 20.8. The van der Waals surface area contributed by atoms with Crippen LogP contribution < -0.4 is 14.8 Å². The summed E-state index contributed by atoms with van der Waals surface area (Å²) in [6.45, 7) is 15.4. The van der Waals surface area contributed by atoms with E-state index in [2.05, 4.69) is 46.0 Å². The highest BCUT2D eigenvalue weighted by Crippen LogP contribution is 2.32. The van der Waals surface area contributed by atoms with Crippen LogP contribution in [0.4, 0.5) is 0 Å². The van der Waals surface area contributed by atoms with Gasteiger partial charge in [-0.05, 0) is 56.5 Å². The molecular formula is C23H38IN5O2. The zero-order valence-corrected chi connectivity index (χ0v) is 21.3. The van der Waals surface area contributed by atoms with Crippen molar-refractivity contribution in [2.45, 2.75) is 33.2 Å². The summed E-state index contributed by atoms with van der Waals surface area (Å²) < 4.78 is 10.9. The first-order valence-electron chi connectivity index (χ1n) is 11.6. The lowest BCUT2D eigenvalue weighted by Gasteiger charge is -2.36. The predicted molar refractivity (Wildman–Crippen MR) is 136 cm³/mol. The lowest BCUT2D eigenvalue weighted by atomic mass is 10.1. The van der Waals surface area contributed by atoms with Crippen LogP contribution in [-0.2, 0) is 6.54 Å². The number of rotatable bonds is 7. The van der Waals surface area contributed by atoms with Crippen molar-refractivity contribution in [1.82, 2.24) is 20.0 Å². The number of piperazine rings is 1. The molecule has 0 saturated carbocycles. The first kappa shape index (κ1) is 24.4. The molecule has 3 aliphatic heterocycles. The van der Waals surface area contributed by atoms with E-state index in [9.17, 15) is 0 Å². The van der Waals surface area contributed by atoms with Crippen molar-refractivity contribution >= 4 is 29.9 Å². The molecule has 3 aliphatic rings. The molecule has 7 nitrogen and oxygen atoms in total. The molecule has 0 spiro atoms. The van der Waals surface area contributed by atoms with E-state index >= 15 is 0 Å². The molecule has 1 N–H and O–H groups in total. The van der Waals surface area contributed by atoms with Crippen molar-refractivity contribution in [2.75, 3.05) is 65.7 Å². The molecule has 2 fully saturated rings. The highest BCUT2D eigenvalue weighted by Gasteiger charge is 2.24. The minimum Gasteiger partial charge on any atom is -0.454 e. The number of benzene rings is 1. The SMILES string of the molecule is CCCN1CCC(CN=C(NCC)N2CCN(Cc3ccc4c(c3)OCO4)CC2)C1.I. The highest BCUT2D eigenvalue weighted by molar-refractivity contribution is 14.0. The van der Waals surface area contributed by atoms with E-state index in [1.165, 1.54) is 38.0 Å². The van der Waals surface area contributed by atoms with Crippen LogP contribution >= 0.6 is 24.0 Å². The van der Waals surface area contributed by atoms with Gasteiger partial charge in [0.1, 0.15) is 0 Å². The highest BCUT2D eigenvalue weighted by atomic mass is 127. The van der Waals surface area contributed by atoms with Crippen molar-refractivity contribution in [1.29, 1.82) is 0 Å². The second kappa shape index (κ2) is 12.1. The smallest absolute Gasteiger partial charge is 0.231 e. The number of fused-ring (bicyclic) bond motifs is 1. The summed E-state index contributed by atoms with van der Waals surface area (Å²) in [7, 11) is 0. The topological polar surface area (TPSA) is 52.6 Å². The van der Waals surface area contributed by atoms with E-state index < -0.39 is 0 Å². The number of aliphatic imine (C=N–C) groups is 1. The van der Waals surface area contributed by atoms with Crippen LogP contribution in [0.2, 0.25) is 0 Å². The summed E-state index contributed by atoms with van der Waals surface area (Å²) in [5.74, 6) is 3.53. The van der Waals surface area contributed by atoms with E-state index in [0.717, 1.165) is 63.3 Å². The number of nitrogens with one attached hydrogen (secondary N) is 1. The molecule has 1 aromatic carbocycles. The lowest BCUT2D eigenvalue weighted by molar-refractivity contribution is 0.171. The third kappa shape index (κ3) is 6.61. The largest absolute Gasteiger partial charge is 0.454 e. The minimum absolute atomic E-state index is 0. The van der Waals surface area contributed by atoms with Gasteiger partial charge in [-0.3, -0.25) is 9.89 Å². The van der Waals surface area contributed by atoms with Gasteiger partial charge in [-0.25, -0.2) is 0 Å². The fourth-order valence-corrected chi connectivity index (χ4v) is 4.64. The monoisotopic (exact) mass is 543 g/mol. The van der Waals surface area contributed by atoms with Gasteiger partial charge in [0, 0.05) is 52.4 Å². The number of hydrogen-bond acceptors (Lipinski definition) is 5. The molecular weight excluding hydrogens is 505 g/mol. The lowest BCUT2D eigenvalue weighted by Crippen LogP contribution is -2.52. The Morgan fingerprint density at radius 2 is 1.87 bits per heavy atom. The molecule has 1 unspecified atom stereocenters. The summed E-state index contributed by atoms with van der Waals surface area (Å²) in [6, 6.07) is 6.28. The molecule has 0 bridgehead atoms. The molecule has 1 aromatic rings. The van der Waals surface area contributed by atoms with Crippen LogP contribution in [0.25, 0.3) is 0 Å². The Morgan fingerprint density at radius 3 is 2.65 bits per heavy atom. The third-order valence-corrected chi connectivity index (χ3v) is 6.26. The summed E-state index contributed by atoms with van der Waals surface area (Å²) in [5, 5.41) is 3.52. The third-order valence-electron chi connectivity index (χ3n) is 6.26. The van der Waals surface area contributed by atoms with Gasteiger partial charge >= 0.3 is 0 Å². The Bertz CT molecular complexity index is 724. The normalized spacial score (nSPS) is 21.9. The average molecular weight is 543 g/mol. The molecule has 4 rings (SSSR count). The van der Waals surface area contributed by atoms with Crippen molar-refractivity contribution in [3.63, 3.8) is 0 Å². The first-order valence-corrected chi connectivity index (χ1v) is 11.6. The van der Waals surface area contributed by atoms with Gasteiger partial charge in [0.25, 0.3) is 0 Å². The molecule has 0 radical (unpaired) electrons. The number of hydrogen-bond donors (Lipinski definition) is 1. The first-order chi connectivity index (χ1) is 14.7. The van der Waals surface area contributed by atoms with E-state index in [-0.39, 0.29) is 24.0 Å². The van der Waals surface area contributed by atoms with E-state index in [4.69, 9.17) is 14.5 Å². The van der Waals surface area contributed by atoms with Crippen molar-refractivity contribution in [3.8, 4) is 11.5 Å². The number of halogens is 1. The Morgan fingerprint density at radius 1 is 1.06 bits per heavy atom. The van der Waals surface area contributed by atoms with E-state index in [1.54, 1.807) is 0 Å². The maximum atomic E-state index is 5.52. The molecule has 2 saturated heterocycles. The van der Waals surface area contributed by atoms with E-state index in [0.29, 0.717) is 12.7 Å². The molecule has 3 heterocycles. The van der Waals surface area contributed by atoms with Crippen LogP contribution in [-0.4, -0.2) is 86.4 Å². The molecule has 174 valence electrons. The summed E-state index contributed by atoms with van der Waals surface area (Å²) in [4.78, 5) is 12.5. The van der Waals surface area contributed by atoms with Crippen LogP contribution in [0.3, 0.4) is 0 Å². The van der Waals surface area contributed by atoms with Gasteiger partial charge in [0.15, 0.2) is 17.5 Å². The summed E-state index contributed by atoms with van der Waals surface area (Å²) in [6.07, 6.45) is 2.53. The van der Waals surface area contributed by atoms with Gasteiger partial charge in [0.2, 0.25) is 6.79 Å². The van der Waals surface area contributed by atoms with Gasteiger partial charge < -0.3 is 24.6 Å². The Kier molecular flexibility index (Phi) is 9.52. The van der Waals surface area contributed by atoms with Crippen molar-refractivity contribution < 1.29 is 9.47 Å². The predicted octanol–water partition coefficient (Wildman–Crippen LogP) is 2.85. The maximum absolute atomic E-state index is 5.52. The van der Waals surface area contributed by atoms with Gasteiger partial charge in [0.05, 0.1) is 0 Å². The maximum Gasteiger partial charge on any atom is 0.231 e. The molecule has 1 atom stereocenters. The fraction of sp³-hybridized carbons (Fsp3) is 0.696. The Balaban J connectivity index is 0.00000272. The Labute approximate surface area is 204 Å². The molecule has 0 amide bonds. The standard InChI is InChI=1S/C23H37N5O2.HI/c1-3-8-26-9-7-20(17-26)15-25-23(24-4-2)28-12-10-27(11-13-28)16-19-5-6-21-22(14-19)30-18-29-21;/h5-6,14,20H,3-4,7-13,15-18H2,1-2H3,(H,24,25);1H. The second-order valence-electron chi connectivity index (χ2n) is 8.60. The van der Waals surface area contributed by atoms with E-state index in [1.807, 2.05) is 6.07 Å². The van der Waals surface area contributed by atoms with Gasteiger partial charge in [-0.1, -0.05) is 13.0 Å². The van der Waals surface area contributed by atoms with Crippen LogP contribution in [0.5, 0.6) is 11.5 Å². The van der Waals surface area contributed by atoms with Crippen molar-refractivity contribution in [2.24, 2.45) is 10.9 Å². The molecule has 0 aliphatic carbocycles. The minimum atomic E-state index is 0. The Hall–Kier alpha value is -1.26. The molecule has 0 aromatic heterocycles. The second-order valence-corrected chi connectivity index (χ2v) is 8.60. The van der Waals surface area contributed by atoms with Gasteiger partial charge in [-0.2, -0.15) is 0 Å².